The van der Waals surface area contributed by atoms with Crippen LogP contribution in [-0.4, -0.2) is 41.2 Å². The summed E-state index contributed by atoms with van der Waals surface area (Å²) in [5.41, 5.74) is 0.970. The zero-order chi connectivity index (χ0) is 22.5. The van der Waals surface area contributed by atoms with Crippen LogP contribution in [0, 0.1) is 0 Å². The number of anilines is 2. The van der Waals surface area contributed by atoms with E-state index < -0.39 is 11.9 Å². The van der Waals surface area contributed by atoms with Crippen molar-refractivity contribution in [2.75, 3.05) is 10.6 Å². The van der Waals surface area contributed by atoms with E-state index in [0.29, 0.717) is 4.60 Å². The summed E-state index contributed by atoms with van der Waals surface area (Å²) >= 11 is 3.22. The van der Waals surface area contributed by atoms with E-state index in [1.165, 1.54) is 10.6 Å². The maximum atomic E-state index is 13.4. The van der Waals surface area contributed by atoms with Crippen LogP contribution in [-0.2, 0) is 13.2 Å². The molecule has 0 saturated heterocycles. The average molecular weight is 509 g/mol. The fourth-order valence-electron chi connectivity index (χ4n) is 4.26. The van der Waals surface area contributed by atoms with Gasteiger partial charge in [0, 0.05) is 37.5 Å². The minimum Gasteiger partial charge on any atom is -0.367 e. The van der Waals surface area contributed by atoms with E-state index in [-0.39, 0.29) is 23.5 Å². The predicted octanol–water partition coefficient (Wildman–Crippen LogP) is 4.63. The predicted molar refractivity (Wildman–Crippen MR) is 117 cm³/mol. The number of aryl methyl sites for hydroxylation is 1. The second-order valence-corrected chi connectivity index (χ2v) is 8.81. The lowest BCUT2D eigenvalue weighted by Crippen LogP contribution is -2.35. The van der Waals surface area contributed by atoms with Crippen LogP contribution in [0.5, 0.6) is 0 Å². The first-order valence-corrected chi connectivity index (χ1v) is 11.0. The third-order valence-electron chi connectivity index (χ3n) is 5.68. The van der Waals surface area contributed by atoms with Crippen molar-refractivity contribution in [2.24, 2.45) is 7.05 Å². The number of rotatable bonds is 4. The number of halogens is 4. The van der Waals surface area contributed by atoms with Gasteiger partial charge in [-0.1, -0.05) is 0 Å². The van der Waals surface area contributed by atoms with Gasteiger partial charge in [0.25, 0.3) is 0 Å². The Hall–Kier alpha value is -2.89. The van der Waals surface area contributed by atoms with E-state index in [0.717, 1.165) is 48.6 Å². The lowest BCUT2D eigenvalue weighted by atomic mass is 9.91. The first kappa shape index (κ1) is 21.0. The lowest BCUT2D eigenvalue weighted by molar-refractivity contribution is -0.141. The maximum absolute atomic E-state index is 13.4. The molecule has 4 aromatic rings. The molecule has 2 atom stereocenters. The van der Waals surface area contributed by atoms with Crippen molar-refractivity contribution in [2.45, 2.75) is 43.9 Å². The van der Waals surface area contributed by atoms with Crippen LogP contribution in [0.15, 0.2) is 35.3 Å². The zero-order valence-corrected chi connectivity index (χ0v) is 18.7. The topological polar surface area (TPSA) is 85.0 Å². The minimum absolute atomic E-state index is 0.0263. The first-order valence-electron chi connectivity index (χ1n) is 10.2. The molecule has 168 valence electrons. The molecule has 2 N–H and O–H groups in total. The normalized spacial score (nSPS) is 19.5. The van der Waals surface area contributed by atoms with Crippen LogP contribution < -0.4 is 10.6 Å². The van der Waals surface area contributed by atoms with E-state index >= 15 is 0 Å². The highest BCUT2D eigenvalue weighted by molar-refractivity contribution is 9.10. The van der Waals surface area contributed by atoms with E-state index in [9.17, 15) is 13.2 Å². The number of nitrogens with zero attached hydrogens (tertiary/aromatic N) is 6. The fourth-order valence-corrected chi connectivity index (χ4v) is 4.62. The lowest BCUT2D eigenvalue weighted by Gasteiger charge is -2.31. The van der Waals surface area contributed by atoms with E-state index in [2.05, 4.69) is 46.6 Å². The highest BCUT2D eigenvalue weighted by atomic mass is 79.9. The summed E-state index contributed by atoms with van der Waals surface area (Å²) in [7, 11) is 1.92. The Morgan fingerprint density at radius 3 is 2.69 bits per heavy atom. The smallest absolute Gasteiger partial charge is 0.367 e. The van der Waals surface area contributed by atoms with Crippen LogP contribution >= 0.6 is 15.9 Å². The SMILES string of the molecule is Cn1cnc2ccnc(NC3CCCC(Nc4cc(C(F)(F)F)nc5cc(Br)nn45)C3)c21. The van der Waals surface area contributed by atoms with Gasteiger partial charge in [0.1, 0.15) is 15.9 Å². The molecule has 32 heavy (non-hydrogen) atoms. The van der Waals surface area contributed by atoms with Crippen molar-refractivity contribution in [3.05, 3.63) is 41.0 Å². The molecule has 0 amide bonds. The molecule has 12 heteroatoms. The summed E-state index contributed by atoms with van der Waals surface area (Å²) in [6.07, 6.45) is 2.37. The largest absolute Gasteiger partial charge is 0.433 e. The van der Waals surface area contributed by atoms with Crippen molar-refractivity contribution in [1.29, 1.82) is 0 Å². The molecular formula is C20H20BrF3N8. The van der Waals surface area contributed by atoms with Crippen LogP contribution in [0.4, 0.5) is 24.8 Å². The molecular weight excluding hydrogens is 489 g/mol. The first-order chi connectivity index (χ1) is 15.3. The molecule has 4 heterocycles. The maximum Gasteiger partial charge on any atom is 0.433 e. The molecule has 0 bridgehead atoms. The van der Waals surface area contributed by atoms with Gasteiger partial charge in [0.05, 0.1) is 11.8 Å². The van der Waals surface area contributed by atoms with Crippen LogP contribution in [0.25, 0.3) is 16.7 Å². The standard InChI is InChI=1S/C20H20BrF3N8/c1-31-10-26-13-5-6-25-19(18(13)31)28-12-4-2-3-11(7-12)27-16-8-14(20(22,23)24)29-17-9-15(21)30-32(16)17/h5-6,8-12,27H,2-4,7H2,1H3,(H,25,28). The Bertz CT molecular complexity index is 1280. The minimum atomic E-state index is -4.54. The van der Waals surface area contributed by atoms with Crippen molar-refractivity contribution >= 4 is 44.2 Å². The Morgan fingerprint density at radius 2 is 1.91 bits per heavy atom. The number of hydrogen-bond acceptors (Lipinski definition) is 6. The number of nitrogens with one attached hydrogen (secondary N) is 2. The number of pyridine rings is 1. The molecule has 2 unspecified atom stereocenters. The average Bonchev–Trinajstić information content (AvgIpc) is 3.30. The molecule has 1 aliphatic carbocycles. The van der Waals surface area contributed by atoms with E-state index in [4.69, 9.17) is 0 Å². The van der Waals surface area contributed by atoms with Crippen molar-refractivity contribution < 1.29 is 13.2 Å². The molecule has 1 saturated carbocycles. The Balaban J connectivity index is 1.38. The quantitative estimate of drug-likeness (QED) is 0.418. The molecule has 0 aromatic carbocycles. The summed E-state index contributed by atoms with van der Waals surface area (Å²) in [5, 5.41) is 11.0. The number of hydrogen-bond donors (Lipinski definition) is 2. The van der Waals surface area contributed by atoms with Gasteiger partial charge < -0.3 is 15.2 Å². The summed E-state index contributed by atoms with van der Waals surface area (Å²) in [5.74, 6) is 1.03. The molecule has 4 aromatic heterocycles. The van der Waals surface area contributed by atoms with Crippen molar-refractivity contribution in [1.82, 2.24) is 29.1 Å². The number of aromatic nitrogens is 6. The number of alkyl halides is 3. The van der Waals surface area contributed by atoms with E-state index in [1.807, 2.05) is 17.7 Å². The van der Waals surface area contributed by atoms with Gasteiger partial charge in [-0.3, -0.25) is 0 Å². The molecule has 0 spiro atoms. The molecule has 1 fully saturated rings. The number of imidazole rings is 1. The Kier molecular flexibility index (Phi) is 5.19. The van der Waals surface area contributed by atoms with Gasteiger partial charge in [-0.2, -0.15) is 22.8 Å². The fraction of sp³-hybridized carbons (Fsp3) is 0.400. The summed E-state index contributed by atoms with van der Waals surface area (Å²) in [6.45, 7) is 0. The molecule has 1 aliphatic rings. The van der Waals surface area contributed by atoms with Crippen LogP contribution in [0.3, 0.4) is 0 Å². The second-order valence-electron chi connectivity index (χ2n) is 7.99. The monoisotopic (exact) mass is 508 g/mol. The molecule has 5 rings (SSSR count). The van der Waals surface area contributed by atoms with Crippen molar-refractivity contribution in [3.8, 4) is 0 Å². The van der Waals surface area contributed by atoms with Gasteiger partial charge in [-0.15, -0.1) is 0 Å². The van der Waals surface area contributed by atoms with Crippen LogP contribution in [0.2, 0.25) is 0 Å². The summed E-state index contributed by atoms with van der Waals surface area (Å²) in [4.78, 5) is 12.5. The molecule has 8 nitrogen and oxygen atoms in total. The summed E-state index contributed by atoms with van der Waals surface area (Å²) in [6, 6.07) is 4.44. The Morgan fingerprint density at radius 1 is 1.12 bits per heavy atom. The highest BCUT2D eigenvalue weighted by Gasteiger charge is 2.34. The van der Waals surface area contributed by atoms with Gasteiger partial charge in [-0.25, -0.2) is 15.0 Å². The van der Waals surface area contributed by atoms with Gasteiger partial charge in [0.2, 0.25) is 0 Å². The zero-order valence-electron chi connectivity index (χ0n) is 17.1. The third-order valence-corrected chi connectivity index (χ3v) is 6.07. The van der Waals surface area contributed by atoms with Crippen molar-refractivity contribution in [3.63, 3.8) is 0 Å². The van der Waals surface area contributed by atoms with Gasteiger partial charge in [0.15, 0.2) is 17.2 Å². The summed E-state index contributed by atoms with van der Waals surface area (Å²) < 4.78 is 43.8. The number of fused-ring (bicyclic) bond motifs is 2. The Labute approximate surface area is 189 Å². The second kappa shape index (κ2) is 7.91. The van der Waals surface area contributed by atoms with Gasteiger partial charge >= 0.3 is 6.18 Å². The van der Waals surface area contributed by atoms with Crippen LogP contribution in [0.1, 0.15) is 31.4 Å². The third kappa shape index (κ3) is 3.98. The van der Waals surface area contributed by atoms with E-state index in [1.54, 1.807) is 12.5 Å². The highest BCUT2D eigenvalue weighted by Crippen LogP contribution is 2.32. The van der Waals surface area contributed by atoms with Gasteiger partial charge in [-0.05, 0) is 47.7 Å². The molecule has 0 aliphatic heterocycles. The molecule has 0 radical (unpaired) electrons.